The molecule has 0 spiro atoms. The van der Waals surface area contributed by atoms with Gasteiger partial charge in [0.1, 0.15) is 12.3 Å². The van der Waals surface area contributed by atoms with Crippen LogP contribution in [0.15, 0.2) is 72.9 Å². The maximum absolute atomic E-state index is 12.6. The summed E-state index contributed by atoms with van der Waals surface area (Å²) in [6.45, 7) is -0.148. The summed E-state index contributed by atoms with van der Waals surface area (Å²) in [5.74, 6) is 0.0772. The fourth-order valence-electron chi connectivity index (χ4n) is 3.05. The van der Waals surface area contributed by atoms with E-state index >= 15 is 0 Å². The number of hydrogen-bond acceptors (Lipinski definition) is 4. The predicted molar refractivity (Wildman–Crippen MR) is 113 cm³/mol. The van der Waals surface area contributed by atoms with Gasteiger partial charge in [-0.3, -0.25) is 19.5 Å². The van der Waals surface area contributed by atoms with Gasteiger partial charge in [-0.15, -0.1) is 0 Å². The van der Waals surface area contributed by atoms with Gasteiger partial charge in [0.15, 0.2) is 6.61 Å². The second-order valence-electron chi connectivity index (χ2n) is 6.50. The molecule has 6 nitrogen and oxygen atoms in total. The van der Waals surface area contributed by atoms with E-state index in [0.29, 0.717) is 17.1 Å². The van der Waals surface area contributed by atoms with Gasteiger partial charge < -0.3 is 10.1 Å². The first-order chi connectivity index (χ1) is 14.2. The first-order valence-corrected chi connectivity index (χ1v) is 9.20. The minimum atomic E-state index is -0.277. The molecule has 1 aliphatic rings. The van der Waals surface area contributed by atoms with Crippen molar-refractivity contribution in [2.24, 2.45) is 0 Å². The standard InChI is InChI=1S/C23H19N3O3/c27-22(15-26-20-9-1-2-10-21(20)29-16-23(26)28)25-19-8-5-6-17(14-19)11-12-18-7-3-4-13-24-18/h1-14H,15-16H2,(H,25,27)/b12-11+. The Morgan fingerprint density at radius 3 is 2.79 bits per heavy atom. The van der Waals surface area contributed by atoms with E-state index < -0.39 is 0 Å². The van der Waals surface area contributed by atoms with Crippen molar-refractivity contribution >= 4 is 35.3 Å². The molecule has 6 heteroatoms. The molecule has 0 fully saturated rings. The highest BCUT2D eigenvalue weighted by Gasteiger charge is 2.26. The lowest BCUT2D eigenvalue weighted by molar-refractivity contribution is -0.123. The first-order valence-electron chi connectivity index (χ1n) is 9.20. The number of ether oxygens (including phenoxy) is 1. The maximum Gasteiger partial charge on any atom is 0.265 e. The summed E-state index contributed by atoms with van der Waals surface area (Å²) >= 11 is 0. The number of carbonyl (C=O) groups is 2. The predicted octanol–water partition coefficient (Wildman–Crippen LogP) is 3.62. The van der Waals surface area contributed by atoms with E-state index in [2.05, 4.69) is 10.3 Å². The van der Waals surface area contributed by atoms with Crippen LogP contribution >= 0.6 is 0 Å². The number of anilines is 2. The van der Waals surface area contributed by atoms with Crippen molar-refractivity contribution in [1.29, 1.82) is 0 Å². The first kappa shape index (κ1) is 18.4. The van der Waals surface area contributed by atoms with Crippen molar-refractivity contribution < 1.29 is 14.3 Å². The Hall–Kier alpha value is -3.93. The number of hydrogen-bond donors (Lipinski definition) is 1. The van der Waals surface area contributed by atoms with Crippen LogP contribution in [-0.2, 0) is 9.59 Å². The number of carbonyl (C=O) groups excluding carboxylic acids is 2. The number of para-hydroxylation sites is 2. The Labute approximate surface area is 168 Å². The van der Waals surface area contributed by atoms with E-state index in [-0.39, 0.29) is 25.0 Å². The summed E-state index contributed by atoms with van der Waals surface area (Å²) in [4.78, 5) is 30.5. The fourth-order valence-corrected chi connectivity index (χ4v) is 3.05. The van der Waals surface area contributed by atoms with E-state index in [1.165, 1.54) is 4.90 Å². The zero-order chi connectivity index (χ0) is 20.1. The third kappa shape index (κ3) is 4.50. The molecule has 0 bridgehead atoms. The number of fused-ring (bicyclic) bond motifs is 1. The van der Waals surface area contributed by atoms with Crippen molar-refractivity contribution in [2.75, 3.05) is 23.4 Å². The topological polar surface area (TPSA) is 71.5 Å². The molecule has 3 aromatic rings. The highest BCUT2D eigenvalue weighted by atomic mass is 16.5. The zero-order valence-corrected chi connectivity index (χ0v) is 15.6. The van der Waals surface area contributed by atoms with Crippen LogP contribution in [0.3, 0.4) is 0 Å². The highest BCUT2D eigenvalue weighted by Crippen LogP contribution is 2.31. The number of amides is 2. The zero-order valence-electron chi connectivity index (χ0n) is 15.6. The molecule has 2 aromatic carbocycles. The molecule has 2 heterocycles. The van der Waals surface area contributed by atoms with E-state index in [9.17, 15) is 9.59 Å². The largest absolute Gasteiger partial charge is 0.482 e. The number of nitrogens with zero attached hydrogens (tertiary/aromatic N) is 2. The van der Waals surface area contributed by atoms with Crippen LogP contribution in [0.25, 0.3) is 12.2 Å². The van der Waals surface area contributed by atoms with Crippen molar-refractivity contribution in [3.8, 4) is 5.75 Å². The minimum absolute atomic E-state index is 0.0713. The summed E-state index contributed by atoms with van der Waals surface area (Å²) in [6, 6.07) is 20.4. The molecular weight excluding hydrogens is 366 g/mol. The third-order valence-electron chi connectivity index (χ3n) is 4.41. The number of benzene rings is 2. The molecule has 29 heavy (non-hydrogen) atoms. The molecule has 0 saturated heterocycles. The summed E-state index contributed by atoms with van der Waals surface area (Å²) in [5, 5.41) is 2.86. The van der Waals surface area contributed by atoms with Gasteiger partial charge in [-0.05, 0) is 48.0 Å². The lowest BCUT2D eigenvalue weighted by Gasteiger charge is -2.28. The van der Waals surface area contributed by atoms with Crippen LogP contribution in [0.5, 0.6) is 5.75 Å². The van der Waals surface area contributed by atoms with Crippen LogP contribution in [0.1, 0.15) is 11.3 Å². The quantitative estimate of drug-likeness (QED) is 0.728. The Morgan fingerprint density at radius 1 is 1.07 bits per heavy atom. The summed E-state index contributed by atoms with van der Waals surface area (Å²) in [7, 11) is 0. The van der Waals surface area contributed by atoms with Gasteiger partial charge in [0.05, 0.1) is 11.4 Å². The lowest BCUT2D eigenvalue weighted by Crippen LogP contribution is -2.43. The van der Waals surface area contributed by atoms with Gasteiger partial charge in [0, 0.05) is 11.9 Å². The number of nitrogens with one attached hydrogen (secondary N) is 1. The normalized spacial score (nSPS) is 13.1. The molecule has 1 aliphatic heterocycles. The van der Waals surface area contributed by atoms with Gasteiger partial charge in [0.25, 0.3) is 5.91 Å². The molecule has 0 unspecified atom stereocenters. The van der Waals surface area contributed by atoms with Gasteiger partial charge in [-0.2, -0.15) is 0 Å². The second-order valence-corrected chi connectivity index (χ2v) is 6.50. The van der Waals surface area contributed by atoms with E-state index in [4.69, 9.17) is 4.74 Å². The van der Waals surface area contributed by atoms with Gasteiger partial charge in [0.2, 0.25) is 5.91 Å². The monoisotopic (exact) mass is 385 g/mol. The fraction of sp³-hybridized carbons (Fsp3) is 0.0870. The number of rotatable bonds is 5. The van der Waals surface area contributed by atoms with Gasteiger partial charge >= 0.3 is 0 Å². The lowest BCUT2D eigenvalue weighted by atomic mass is 10.1. The van der Waals surface area contributed by atoms with Crippen LogP contribution in [0, 0.1) is 0 Å². The van der Waals surface area contributed by atoms with Crippen LogP contribution < -0.4 is 15.0 Å². The van der Waals surface area contributed by atoms with Gasteiger partial charge in [-0.25, -0.2) is 0 Å². The number of pyridine rings is 1. The third-order valence-corrected chi connectivity index (χ3v) is 4.41. The summed E-state index contributed by atoms with van der Waals surface area (Å²) in [6.07, 6.45) is 5.57. The van der Waals surface area contributed by atoms with E-state index in [1.54, 1.807) is 18.3 Å². The van der Waals surface area contributed by atoms with Crippen molar-refractivity contribution in [1.82, 2.24) is 4.98 Å². The molecule has 4 rings (SSSR count). The van der Waals surface area contributed by atoms with Gasteiger partial charge in [-0.1, -0.05) is 36.4 Å². The molecule has 1 N–H and O–H groups in total. The molecule has 0 saturated carbocycles. The minimum Gasteiger partial charge on any atom is -0.482 e. The smallest absolute Gasteiger partial charge is 0.265 e. The molecule has 0 aliphatic carbocycles. The Kier molecular flexibility index (Phi) is 5.33. The second kappa shape index (κ2) is 8.39. The van der Waals surface area contributed by atoms with Crippen LogP contribution in [0.2, 0.25) is 0 Å². The van der Waals surface area contributed by atoms with Crippen molar-refractivity contribution in [2.45, 2.75) is 0 Å². The van der Waals surface area contributed by atoms with Crippen molar-refractivity contribution in [3.63, 3.8) is 0 Å². The molecular formula is C23H19N3O3. The Morgan fingerprint density at radius 2 is 1.93 bits per heavy atom. The number of aromatic nitrogens is 1. The SMILES string of the molecule is O=C(CN1C(=O)COc2ccccc21)Nc1cccc(/C=C/c2ccccn2)c1. The molecule has 0 atom stereocenters. The van der Waals surface area contributed by atoms with E-state index in [0.717, 1.165) is 11.3 Å². The average Bonchev–Trinajstić information content (AvgIpc) is 2.75. The summed E-state index contributed by atoms with van der Waals surface area (Å²) in [5.41, 5.74) is 3.05. The maximum atomic E-state index is 12.6. The van der Waals surface area contributed by atoms with Crippen LogP contribution in [-0.4, -0.2) is 29.9 Å². The molecule has 144 valence electrons. The summed E-state index contributed by atoms with van der Waals surface area (Å²) < 4.78 is 5.41. The average molecular weight is 385 g/mol. The van der Waals surface area contributed by atoms with E-state index in [1.807, 2.05) is 66.7 Å². The Balaban J connectivity index is 1.44. The van der Waals surface area contributed by atoms with Crippen LogP contribution in [0.4, 0.5) is 11.4 Å². The molecule has 1 aromatic heterocycles. The molecule has 0 radical (unpaired) electrons. The van der Waals surface area contributed by atoms with Crippen molar-refractivity contribution in [3.05, 3.63) is 84.2 Å². The Bertz CT molecular complexity index is 1060. The highest BCUT2D eigenvalue weighted by molar-refractivity contribution is 6.05. The molecule has 2 amide bonds.